The first kappa shape index (κ1) is 14.4. The second kappa shape index (κ2) is 5.78. The molecule has 2 heterocycles. The zero-order chi connectivity index (χ0) is 15.1. The van der Waals surface area contributed by atoms with Gasteiger partial charge >= 0.3 is 0 Å². The molecule has 1 aromatic heterocycles. The van der Waals surface area contributed by atoms with Gasteiger partial charge in [0.1, 0.15) is 5.82 Å². The molecule has 3 nitrogen and oxygen atoms in total. The Hall–Kier alpha value is -1.19. The number of rotatable bonds is 2. The fourth-order valence-corrected chi connectivity index (χ4v) is 4.22. The number of anilines is 1. The van der Waals surface area contributed by atoms with Crippen LogP contribution in [0.15, 0.2) is 18.2 Å². The van der Waals surface area contributed by atoms with Crippen molar-refractivity contribution in [3.05, 3.63) is 39.5 Å². The molecule has 1 aromatic carbocycles. The van der Waals surface area contributed by atoms with Crippen LogP contribution in [-0.4, -0.2) is 16.3 Å². The third-order valence-electron chi connectivity index (χ3n) is 4.81. The highest BCUT2D eigenvalue weighted by atomic mass is 35.5. The summed E-state index contributed by atoms with van der Waals surface area (Å²) in [5.41, 5.74) is 3.57. The van der Waals surface area contributed by atoms with Crippen molar-refractivity contribution in [3.8, 4) is 5.69 Å². The highest BCUT2D eigenvalue weighted by Gasteiger charge is 2.29. The topological polar surface area (TPSA) is 29.9 Å². The van der Waals surface area contributed by atoms with Crippen molar-refractivity contribution in [3.63, 3.8) is 0 Å². The minimum absolute atomic E-state index is 0.606. The number of benzene rings is 1. The summed E-state index contributed by atoms with van der Waals surface area (Å²) in [7, 11) is 0. The Morgan fingerprint density at radius 2 is 1.95 bits per heavy atom. The Morgan fingerprint density at radius 3 is 2.73 bits per heavy atom. The van der Waals surface area contributed by atoms with Crippen LogP contribution in [0.3, 0.4) is 0 Å². The van der Waals surface area contributed by atoms with Gasteiger partial charge in [0.25, 0.3) is 0 Å². The molecular weight excluding hydrogens is 317 g/mol. The van der Waals surface area contributed by atoms with Gasteiger partial charge in [-0.1, -0.05) is 42.5 Å². The highest BCUT2D eigenvalue weighted by Crippen LogP contribution is 2.39. The first-order chi connectivity index (χ1) is 10.7. The highest BCUT2D eigenvalue weighted by molar-refractivity contribution is 6.35. The van der Waals surface area contributed by atoms with Gasteiger partial charge in [-0.3, -0.25) is 0 Å². The molecule has 0 unspecified atom stereocenters. The predicted octanol–water partition coefficient (Wildman–Crippen LogP) is 5.19. The molecule has 0 amide bonds. The maximum atomic E-state index is 6.39. The van der Waals surface area contributed by atoms with Crippen molar-refractivity contribution in [1.82, 2.24) is 9.78 Å². The van der Waals surface area contributed by atoms with E-state index in [-0.39, 0.29) is 0 Å². The van der Waals surface area contributed by atoms with E-state index in [9.17, 15) is 0 Å². The number of nitrogens with zero attached hydrogens (tertiary/aromatic N) is 2. The summed E-state index contributed by atoms with van der Waals surface area (Å²) in [5, 5.41) is 9.71. The molecule has 1 saturated carbocycles. The lowest BCUT2D eigenvalue weighted by Gasteiger charge is -2.20. The number of aromatic nitrogens is 2. The van der Waals surface area contributed by atoms with Gasteiger partial charge in [-0.2, -0.15) is 5.10 Å². The van der Waals surface area contributed by atoms with E-state index in [0.29, 0.717) is 16.0 Å². The van der Waals surface area contributed by atoms with Gasteiger partial charge in [0.15, 0.2) is 0 Å². The maximum Gasteiger partial charge on any atom is 0.133 e. The lowest BCUT2D eigenvalue weighted by Crippen LogP contribution is -2.09. The summed E-state index contributed by atoms with van der Waals surface area (Å²) in [5.74, 6) is 1.72. The monoisotopic (exact) mass is 335 g/mol. The smallest absolute Gasteiger partial charge is 0.133 e. The Labute approximate surface area is 140 Å². The predicted molar refractivity (Wildman–Crippen MR) is 91.6 cm³/mol. The molecule has 0 atom stereocenters. The molecule has 5 heteroatoms. The molecule has 1 fully saturated rings. The van der Waals surface area contributed by atoms with Crippen LogP contribution >= 0.6 is 23.2 Å². The quantitative estimate of drug-likeness (QED) is 0.817. The fourth-order valence-electron chi connectivity index (χ4n) is 3.73. The Balaban J connectivity index is 1.80. The minimum Gasteiger partial charge on any atom is -0.369 e. The third-order valence-corrected chi connectivity index (χ3v) is 5.35. The molecule has 0 saturated heterocycles. The lowest BCUT2D eigenvalue weighted by atomic mass is 9.85. The summed E-state index contributed by atoms with van der Waals surface area (Å²) >= 11 is 12.4. The number of fused-ring (bicyclic) bond motifs is 1. The molecule has 116 valence electrons. The van der Waals surface area contributed by atoms with Crippen LogP contribution in [-0.2, 0) is 6.42 Å². The normalized spacial score (nSPS) is 18.3. The van der Waals surface area contributed by atoms with Crippen molar-refractivity contribution in [1.29, 1.82) is 0 Å². The zero-order valence-electron chi connectivity index (χ0n) is 12.4. The van der Waals surface area contributed by atoms with Crippen LogP contribution in [0.1, 0.15) is 49.3 Å². The molecule has 1 aliphatic carbocycles. The van der Waals surface area contributed by atoms with Crippen LogP contribution in [0.25, 0.3) is 5.69 Å². The van der Waals surface area contributed by atoms with Gasteiger partial charge in [-0.15, -0.1) is 0 Å². The average molecular weight is 336 g/mol. The van der Waals surface area contributed by atoms with Crippen LogP contribution < -0.4 is 5.32 Å². The van der Waals surface area contributed by atoms with E-state index in [1.165, 1.54) is 43.4 Å². The van der Waals surface area contributed by atoms with E-state index in [4.69, 9.17) is 28.3 Å². The van der Waals surface area contributed by atoms with Crippen molar-refractivity contribution in [2.75, 3.05) is 11.9 Å². The van der Waals surface area contributed by atoms with Crippen molar-refractivity contribution in [2.24, 2.45) is 0 Å². The van der Waals surface area contributed by atoms with Gasteiger partial charge < -0.3 is 5.32 Å². The summed E-state index contributed by atoms with van der Waals surface area (Å²) in [6, 6.07) is 5.59. The molecule has 2 aromatic rings. The van der Waals surface area contributed by atoms with Gasteiger partial charge in [-0.05, 0) is 37.5 Å². The summed E-state index contributed by atoms with van der Waals surface area (Å²) in [6.07, 6.45) is 7.59. The molecule has 22 heavy (non-hydrogen) atoms. The minimum atomic E-state index is 0.606. The number of hydrogen-bond acceptors (Lipinski definition) is 2. The molecular formula is C17H19Cl2N3. The standard InChI is InChI=1S/C17H19Cl2N3/c18-12-6-7-15(14(19)10-12)22-17-13(8-9-20-17)16(21-22)11-4-2-1-3-5-11/h6-7,10-11,20H,1-5,8-9H2. The van der Waals surface area contributed by atoms with Crippen LogP contribution in [0.2, 0.25) is 10.0 Å². The summed E-state index contributed by atoms with van der Waals surface area (Å²) in [4.78, 5) is 0. The molecule has 1 N–H and O–H groups in total. The number of halogens is 2. The van der Waals surface area contributed by atoms with E-state index in [1.54, 1.807) is 6.07 Å². The van der Waals surface area contributed by atoms with Crippen molar-refractivity contribution >= 4 is 29.0 Å². The van der Waals surface area contributed by atoms with Crippen molar-refractivity contribution < 1.29 is 0 Å². The van der Waals surface area contributed by atoms with E-state index in [0.717, 1.165) is 24.5 Å². The largest absolute Gasteiger partial charge is 0.369 e. The van der Waals surface area contributed by atoms with Crippen LogP contribution in [0, 0.1) is 0 Å². The average Bonchev–Trinajstić information content (AvgIpc) is 3.11. The summed E-state index contributed by atoms with van der Waals surface area (Å²) < 4.78 is 1.98. The zero-order valence-corrected chi connectivity index (χ0v) is 13.9. The Bertz CT molecular complexity index is 702. The maximum absolute atomic E-state index is 6.39. The fraction of sp³-hybridized carbons (Fsp3) is 0.471. The molecule has 0 bridgehead atoms. The van der Waals surface area contributed by atoms with Gasteiger partial charge in [0.2, 0.25) is 0 Å². The van der Waals surface area contributed by atoms with E-state index in [1.807, 2.05) is 16.8 Å². The SMILES string of the molecule is Clc1ccc(-n2nc(C3CCCCC3)c3c2NCC3)c(Cl)c1. The van der Waals surface area contributed by atoms with E-state index >= 15 is 0 Å². The van der Waals surface area contributed by atoms with Gasteiger partial charge in [-0.25, -0.2) is 4.68 Å². The molecule has 0 spiro atoms. The number of nitrogens with one attached hydrogen (secondary N) is 1. The Morgan fingerprint density at radius 1 is 1.14 bits per heavy atom. The lowest BCUT2D eigenvalue weighted by molar-refractivity contribution is 0.433. The van der Waals surface area contributed by atoms with Gasteiger partial charge in [0, 0.05) is 23.0 Å². The molecule has 2 aliphatic rings. The third kappa shape index (κ3) is 2.40. The molecule has 1 aliphatic heterocycles. The van der Waals surface area contributed by atoms with Gasteiger partial charge in [0.05, 0.1) is 16.4 Å². The van der Waals surface area contributed by atoms with Crippen molar-refractivity contribution in [2.45, 2.75) is 44.4 Å². The second-order valence-electron chi connectivity index (χ2n) is 6.23. The number of hydrogen-bond donors (Lipinski definition) is 1. The van der Waals surface area contributed by atoms with Crippen LogP contribution in [0.5, 0.6) is 0 Å². The van der Waals surface area contributed by atoms with E-state index < -0.39 is 0 Å². The second-order valence-corrected chi connectivity index (χ2v) is 7.08. The molecule has 4 rings (SSSR count). The summed E-state index contributed by atoms with van der Waals surface area (Å²) in [6.45, 7) is 0.984. The van der Waals surface area contributed by atoms with Crippen LogP contribution in [0.4, 0.5) is 5.82 Å². The first-order valence-corrected chi connectivity index (χ1v) is 8.81. The molecule has 0 radical (unpaired) electrons. The first-order valence-electron chi connectivity index (χ1n) is 8.05. The van der Waals surface area contributed by atoms with E-state index in [2.05, 4.69) is 5.32 Å². The Kier molecular flexibility index (Phi) is 3.79.